The highest BCUT2D eigenvalue weighted by Crippen LogP contribution is 2.34. The van der Waals surface area contributed by atoms with Crippen molar-refractivity contribution < 1.29 is 14.6 Å². The molecule has 2 aromatic rings. The minimum absolute atomic E-state index is 0.0819. The zero-order valence-electron chi connectivity index (χ0n) is 21.7. The van der Waals surface area contributed by atoms with Gasteiger partial charge >= 0.3 is 6.09 Å². The molecule has 1 aliphatic carbocycles. The number of amides is 1. The largest absolute Gasteiger partial charge is 0.465 e. The Morgan fingerprint density at radius 2 is 1.92 bits per heavy atom. The molecule has 3 aliphatic rings. The molecule has 1 amide bonds. The first kappa shape index (κ1) is 25.9. The minimum Gasteiger partial charge on any atom is -0.465 e. The summed E-state index contributed by atoms with van der Waals surface area (Å²) in [5, 5.41) is 13.6. The Morgan fingerprint density at radius 3 is 2.76 bits per heavy atom. The number of pyridine rings is 1. The van der Waals surface area contributed by atoms with Crippen LogP contribution in [0.25, 0.3) is 0 Å². The van der Waals surface area contributed by atoms with Crippen LogP contribution in [0.1, 0.15) is 54.1 Å². The Morgan fingerprint density at radius 1 is 1.11 bits per heavy atom. The van der Waals surface area contributed by atoms with E-state index in [1.807, 2.05) is 18.3 Å². The summed E-state index contributed by atoms with van der Waals surface area (Å²) in [6, 6.07) is 12.6. The number of carboxylic acid groups (broad SMARTS) is 1. The Bertz CT molecular complexity index is 1070. The quantitative estimate of drug-likeness (QED) is 0.388. The second-order valence-corrected chi connectivity index (χ2v) is 10.6. The van der Waals surface area contributed by atoms with E-state index < -0.39 is 6.09 Å². The Balaban J connectivity index is 1.29. The number of benzene rings is 1. The lowest BCUT2D eigenvalue weighted by Crippen LogP contribution is -2.50. The van der Waals surface area contributed by atoms with E-state index in [0.717, 1.165) is 82.6 Å². The van der Waals surface area contributed by atoms with Crippen molar-refractivity contribution in [1.82, 2.24) is 20.1 Å². The fraction of sp³-hybridized carbons (Fsp3) is 0.533. The van der Waals surface area contributed by atoms with Gasteiger partial charge < -0.3 is 15.2 Å². The lowest BCUT2D eigenvalue weighted by molar-refractivity contribution is 0.0666. The van der Waals surface area contributed by atoms with Gasteiger partial charge in [0.1, 0.15) is 0 Å². The number of nitrogens with one attached hydrogen (secondary N) is 1. The molecule has 0 spiro atoms. The first-order valence-electron chi connectivity index (χ1n) is 13.9. The Hall–Kier alpha value is -2.74. The maximum Gasteiger partial charge on any atom is 0.407 e. The molecule has 0 bridgehead atoms. The number of rotatable bonds is 9. The summed E-state index contributed by atoms with van der Waals surface area (Å²) in [6.45, 7) is 5.58. The first-order chi connectivity index (χ1) is 18.2. The van der Waals surface area contributed by atoms with Crippen molar-refractivity contribution in [1.29, 1.82) is 0 Å². The van der Waals surface area contributed by atoms with E-state index >= 15 is 0 Å². The van der Waals surface area contributed by atoms with Crippen LogP contribution in [0, 0.1) is 5.92 Å². The number of hydrogen-bond acceptors (Lipinski definition) is 5. The van der Waals surface area contributed by atoms with Crippen LogP contribution in [0.2, 0.25) is 0 Å². The molecule has 3 heterocycles. The Labute approximate surface area is 220 Å². The molecule has 2 unspecified atom stereocenters. The zero-order chi connectivity index (χ0) is 25.5. The highest BCUT2D eigenvalue weighted by molar-refractivity contribution is 5.66. The molecule has 7 heteroatoms. The zero-order valence-corrected chi connectivity index (χ0v) is 21.7. The predicted molar refractivity (Wildman–Crippen MR) is 145 cm³/mol. The monoisotopic (exact) mass is 504 g/mol. The molecular formula is C30H40N4O3. The normalized spacial score (nSPS) is 22.2. The fourth-order valence-corrected chi connectivity index (χ4v) is 6.13. The van der Waals surface area contributed by atoms with Crippen LogP contribution in [0.5, 0.6) is 0 Å². The van der Waals surface area contributed by atoms with Crippen LogP contribution in [-0.4, -0.2) is 71.4 Å². The maximum absolute atomic E-state index is 12.3. The third kappa shape index (κ3) is 6.58. The second-order valence-electron chi connectivity index (χ2n) is 10.6. The number of nitrogens with zero attached hydrogens (tertiary/aromatic N) is 3. The van der Waals surface area contributed by atoms with Gasteiger partial charge in [-0.25, -0.2) is 4.79 Å². The van der Waals surface area contributed by atoms with E-state index in [4.69, 9.17) is 9.72 Å². The summed E-state index contributed by atoms with van der Waals surface area (Å²) in [4.78, 5) is 21.2. The molecular weight excluding hydrogens is 464 g/mol. The van der Waals surface area contributed by atoms with Crippen molar-refractivity contribution in [2.75, 3.05) is 39.4 Å². The van der Waals surface area contributed by atoms with Gasteiger partial charge in [-0.05, 0) is 73.7 Å². The summed E-state index contributed by atoms with van der Waals surface area (Å²) in [5.74, 6) is 0.708. The molecule has 37 heavy (non-hydrogen) atoms. The maximum atomic E-state index is 12.3. The van der Waals surface area contributed by atoms with E-state index in [9.17, 15) is 9.90 Å². The average Bonchev–Trinajstić information content (AvgIpc) is 2.94. The number of hydrogen-bond donors (Lipinski definition) is 2. The highest BCUT2D eigenvalue weighted by Gasteiger charge is 2.34. The molecule has 198 valence electrons. The number of fused-ring (bicyclic) bond motifs is 2. The molecule has 1 fully saturated rings. The van der Waals surface area contributed by atoms with Crippen molar-refractivity contribution in [3.63, 3.8) is 0 Å². The van der Waals surface area contributed by atoms with Crippen molar-refractivity contribution in [3.8, 4) is 0 Å². The van der Waals surface area contributed by atoms with Crippen LogP contribution in [0.3, 0.4) is 0 Å². The van der Waals surface area contributed by atoms with Gasteiger partial charge in [-0.15, -0.1) is 0 Å². The molecule has 2 N–H and O–H groups in total. The summed E-state index contributed by atoms with van der Waals surface area (Å²) in [7, 11) is 0. The van der Waals surface area contributed by atoms with Gasteiger partial charge in [0.15, 0.2) is 0 Å². The first-order valence-corrected chi connectivity index (χ1v) is 13.9. The molecule has 7 nitrogen and oxygen atoms in total. The van der Waals surface area contributed by atoms with Gasteiger partial charge in [0.2, 0.25) is 0 Å². The third-order valence-electron chi connectivity index (χ3n) is 8.20. The SMILES string of the molecule is O=C(O)N1Cc2ccccc2CC1CN(C/C=C/CNCC1CCOCC1)C1CCCc2cccnc21. The van der Waals surface area contributed by atoms with Gasteiger partial charge in [-0.3, -0.25) is 14.8 Å². The fourth-order valence-electron chi connectivity index (χ4n) is 6.13. The van der Waals surface area contributed by atoms with Gasteiger partial charge in [-0.2, -0.15) is 0 Å². The van der Waals surface area contributed by atoms with Crippen LogP contribution in [-0.2, 0) is 24.1 Å². The van der Waals surface area contributed by atoms with Crippen molar-refractivity contribution >= 4 is 6.09 Å². The van der Waals surface area contributed by atoms with Crippen LogP contribution < -0.4 is 5.32 Å². The summed E-state index contributed by atoms with van der Waals surface area (Å²) >= 11 is 0. The molecule has 2 aliphatic heterocycles. The molecule has 1 aromatic heterocycles. The van der Waals surface area contributed by atoms with Gasteiger partial charge in [0.25, 0.3) is 0 Å². The standard InChI is InChI=1S/C30H40N4O3/c35-30(36)34-21-26-8-2-1-7-25(26)19-27(34)22-33(28-11-5-9-24-10-6-15-32-29(24)28)16-4-3-14-31-20-23-12-17-37-18-13-23/h1-4,6-8,10,15,23,27-28,31H,5,9,11-14,16-22H2,(H,35,36)/b4-3+. The molecule has 1 saturated heterocycles. The van der Waals surface area contributed by atoms with Crippen LogP contribution >= 0.6 is 0 Å². The second kappa shape index (κ2) is 12.7. The minimum atomic E-state index is -0.838. The average molecular weight is 505 g/mol. The lowest BCUT2D eigenvalue weighted by atomic mass is 9.89. The third-order valence-corrected chi connectivity index (χ3v) is 8.20. The van der Waals surface area contributed by atoms with Crippen molar-refractivity contribution in [3.05, 3.63) is 77.1 Å². The number of ether oxygens (including phenoxy) is 1. The molecule has 0 radical (unpaired) electrons. The topological polar surface area (TPSA) is 77.9 Å². The molecule has 5 rings (SSSR count). The molecule has 2 atom stereocenters. The Kier molecular flexibility index (Phi) is 8.87. The van der Waals surface area contributed by atoms with Crippen LogP contribution in [0.15, 0.2) is 54.7 Å². The lowest BCUT2D eigenvalue weighted by Gasteiger charge is -2.41. The van der Waals surface area contributed by atoms with Gasteiger partial charge in [-0.1, -0.05) is 42.5 Å². The highest BCUT2D eigenvalue weighted by atomic mass is 16.5. The van der Waals surface area contributed by atoms with E-state index in [0.29, 0.717) is 19.0 Å². The van der Waals surface area contributed by atoms with E-state index in [1.54, 1.807) is 4.90 Å². The van der Waals surface area contributed by atoms with E-state index in [2.05, 4.69) is 46.6 Å². The van der Waals surface area contributed by atoms with E-state index in [1.165, 1.54) is 11.1 Å². The summed E-state index contributed by atoms with van der Waals surface area (Å²) < 4.78 is 5.47. The van der Waals surface area contributed by atoms with Gasteiger partial charge in [0, 0.05) is 45.6 Å². The smallest absolute Gasteiger partial charge is 0.407 e. The van der Waals surface area contributed by atoms with Crippen molar-refractivity contribution in [2.45, 2.75) is 57.2 Å². The molecule has 0 saturated carbocycles. The van der Waals surface area contributed by atoms with Crippen molar-refractivity contribution in [2.24, 2.45) is 5.92 Å². The van der Waals surface area contributed by atoms with E-state index in [-0.39, 0.29) is 12.1 Å². The number of carbonyl (C=O) groups is 1. The predicted octanol–water partition coefficient (Wildman–Crippen LogP) is 4.44. The van der Waals surface area contributed by atoms with Gasteiger partial charge in [0.05, 0.1) is 17.8 Å². The number of aryl methyl sites for hydroxylation is 1. The number of aromatic nitrogens is 1. The summed E-state index contributed by atoms with van der Waals surface area (Å²) in [6.07, 6.45) is 11.8. The van der Waals surface area contributed by atoms with Crippen LogP contribution in [0.4, 0.5) is 4.79 Å². The molecule has 1 aromatic carbocycles. The summed E-state index contributed by atoms with van der Waals surface area (Å²) in [5.41, 5.74) is 4.88.